The fourth-order valence-corrected chi connectivity index (χ4v) is 2.66. The number of aliphatic hydroxyl groups is 1. The summed E-state index contributed by atoms with van der Waals surface area (Å²) in [7, 11) is 0. The number of carbonyl (C=O) groups is 1. The van der Waals surface area contributed by atoms with Crippen molar-refractivity contribution in [3.63, 3.8) is 0 Å². The molecule has 0 aliphatic heterocycles. The summed E-state index contributed by atoms with van der Waals surface area (Å²) in [6.45, 7) is 5.35. The maximum Gasteiger partial charge on any atom is 0.197 e. The zero-order valence-electron chi connectivity index (χ0n) is 13.3. The van der Waals surface area contributed by atoms with E-state index in [2.05, 4.69) is 6.58 Å². The molecule has 1 aromatic heterocycles. The number of allylic oxidation sites excluding steroid dienone is 1. The van der Waals surface area contributed by atoms with Gasteiger partial charge in [0.1, 0.15) is 17.1 Å². The minimum absolute atomic E-state index is 0.0383. The first kappa shape index (κ1) is 15.9. The molecule has 2 N–H and O–H groups in total. The number of aromatic hydroxyl groups is 1. The average molecular weight is 322 g/mol. The Morgan fingerprint density at radius 2 is 1.92 bits per heavy atom. The topological polar surface area (TPSA) is 70.7 Å². The van der Waals surface area contributed by atoms with Gasteiger partial charge in [-0.05, 0) is 18.2 Å². The van der Waals surface area contributed by atoms with Crippen LogP contribution in [0, 0.1) is 5.92 Å². The number of benzene rings is 2. The van der Waals surface area contributed by atoms with Crippen molar-refractivity contribution in [2.24, 2.45) is 5.92 Å². The SMILES string of the molecule is C=C(O)C(C)Cc1oc2ccc(O)cc2c1C(=O)c1ccccc1. The van der Waals surface area contributed by atoms with E-state index in [0.29, 0.717) is 34.3 Å². The van der Waals surface area contributed by atoms with Crippen molar-refractivity contribution in [1.82, 2.24) is 0 Å². The van der Waals surface area contributed by atoms with Gasteiger partial charge in [0.25, 0.3) is 0 Å². The van der Waals surface area contributed by atoms with E-state index in [9.17, 15) is 15.0 Å². The molecular formula is C20H18O4. The lowest BCUT2D eigenvalue weighted by Gasteiger charge is -2.09. The smallest absolute Gasteiger partial charge is 0.197 e. The maximum absolute atomic E-state index is 13.0. The molecule has 3 aromatic rings. The summed E-state index contributed by atoms with van der Waals surface area (Å²) in [6, 6.07) is 13.6. The van der Waals surface area contributed by atoms with Gasteiger partial charge in [-0.15, -0.1) is 0 Å². The van der Waals surface area contributed by atoms with E-state index in [1.54, 1.807) is 30.3 Å². The van der Waals surface area contributed by atoms with E-state index in [1.165, 1.54) is 12.1 Å². The van der Waals surface area contributed by atoms with E-state index >= 15 is 0 Å². The lowest BCUT2D eigenvalue weighted by Crippen LogP contribution is -2.08. The molecule has 0 radical (unpaired) electrons. The van der Waals surface area contributed by atoms with Gasteiger partial charge in [0.05, 0.1) is 11.3 Å². The number of hydrogen-bond acceptors (Lipinski definition) is 4. The molecular weight excluding hydrogens is 304 g/mol. The van der Waals surface area contributed by atoms with Gasteiger partial charge >= 0.3 is 0 Å². The molecule has 4 heteroatoms. The largest absolute Gasteiger partial charge is 0.513 e. The van der Waals surface area contributed by atoms with Crippen molar-refractivity contribution >= 4 is 16.8 Å². The molecule has 0 aliphatic carbocycles. The number of fused-ring (bicyclic) bond motifs is 1. The number of phenolic OH excluding ortho intramolecular Hbond substituents is 1. The molecule has 1 heterocycles. The Bertz CT molecular complexity index is 906. The summed E-state index contributed by atoms with van der Waals surface area (Å²) < 4.78 is 5.83. The molecule has 24 heavy (non-hydrogen) atoms. The van der Waals surface area contributed by atoms with E-state index in [-0.39, 0.29) is 23.2 Å². The van der Waals surface area contributed by atoms with Crippen LogP contribution in [0.5, 0.6) is 5.75 Å². The second kappa shape index (κ2) is 6.24. The number of furan rings is 1. The molecule has 4 nitrogen and oxygen atoms in total. The molecule has 3 rings (SSSR count). The van der Waals surface area contributed by atoms with Gasteiger partial charge in [-0.3, -0.25) is 4.79 Å². The third-order valence-corrected chi connectivity index (χ3v) is 4.07. The van der Waals surface area contributed by atoms with Crippen molar-refractivity contribution in [2.75, 3.05) is 0 Å². The Morgan fingerprint density at radius 1 is 1.21 bits per heavy atom. The summed E-state index contributed by atoms with van der Waals surface area (Å²) >= 11 is 0. The van der Waals surface area contributed by atoms with E-state index in [4.69, 9.17) is 4.42 Å². The van der Waals surface area contributed by atoms with Crippen LogP contribution in [0.2, 0.25) is 0 Å². The first-order chi connectivity index (χ1) is 11.5. The van der Waals surface area contributed by atoms with Gasteiger partial charge in [-0.1, -0.05) is 43.8 Å². The molecule has 122 valence electrons. The quantitative estimate of drug-likeness (QED) is 0.531. The minimum Gasteiger partial charge on any atom is -0.513 e. The molecule has 0 saturated heterocycles. The molecule has 2 aromatic carbocycles. The minimum atomic E-state index is -0.249. The molecule has 0 amide bonds. The van der Waals surface area contributed by atoms with Crippen LogP contribution in [0.4, 0.5) is 0 Å². The Hall–Kier alpha value is -3.01. The summed E-state index contributed by atoms with van der Waals surface area (Å²) in [5.74, 6) is 0.160. The zero-order chi connectivity index (χ0) is 17.3. The van der Waals surface area contributed by atoms with Crippen molar-refractivity contribution in [1.29, 1.82) is 0 Å². The number of carbonyl (C=O) groups excluding carboxylic acids is 1. The van der Waals surface area contributed by atoms with Gasteiger partial charge < -0.3 is 14.6 Å². The highest BCUT2D eigenvalue weighted by atomic mass is 16.3. The summed E-state index contributed by atoms with van der Waals surface area (Å²) in [5, 5.41) is 19.9. The molecule has 0 fully saturated rings. The Balaban J connectivity index is 2.17. The van der Waals surface area contributed by atoms with Gasteiger partial charge in [-0.2, -0.15) is 0 Å². The third kappa shape index (κ3) is 2.91. The number of ketones is 1. The van der Waals surface area contributed by atoms with Crippen LogP contribution in [-0.2, 0) is 6.42 Å². The van der Waals surface area contributed by atoms with Crippen LogP contribution in [-0.4, -0.2) is 16.0 Å². The van der Waals surface area contributed by atoms with Gasteiger partial charge in [-0.25, -0.2) is 0 Å². The fraction of sp³-hybridized carbons (Fsp3) is 0.150. The second-order valence-corrected chi connectivity index (χ2v) is 5.87. The average Bonchev–Trinajstić information content (AvgIpc) is 2.91. The van der Waals surface area contributed by atoms with Crippen LogP contribution in [0.1, 0.15) is 28.6 Å². The standard InChI is InChI=1S/C20H18O4/c1-12(13(2)21)10-18-19(20(23)14-6-4-3-5-7-14)16-11-15(22)8-9-17(16)24-18/h3-9,11-12,21-22H,2,10H2,1H3. The van der Waals surface area contributed by atoms with Crippen LogP contribution in [0.25, 0.3) is 11.0 Å². The highest BCUT2D eigenvalue weighted by Crippen LogP contribution is 2.32. The maximum atomic E-state index is 13.0. The van der Waals surface area contributed by atoms with Crippen molar-refractivity contribution in [3.8, 4) is 5.75 Å². The number of aliphatic hydroxyl groups excluding tert-OH is 1. The van der Waals surface area contributed by atoms with Crippen LogP contribution >= 0.6 is 0 Å². The highest BCUT2D eigenvalue weighted by molar-refractivity contribution is 6.17. The highest BCUT2D eigenvalue weighted by Gasteiger charge is 2.24. The first-order valence-electron chi connectivity index (χ1n) is 7.69. The first-order valence-corrected chi connectivity index (χ1v) is 7.69. The van der Waals surface area contributed by atoms with Crippen LogP contribution < -0.4 is 0 Å². The van der Waals surface area contributed by atoms with Crippen molar-refractivity contribution < 1.29 is 19.4 Å². The van der Waals surface area contributed by atoms with Crippen molar-refractivity contribution in [2.45, 2.75) is 13.3 Å². The molecule has 0 aliphatic rings. The van der Waals surface area contributed by atoms with Gasteiger partial charge in [0.2, 0.25) is 0 Å². The fourth-order valence-electron chi connectivity index (χ4n) is 2.66. The van der Waals surface area contributed by atoms with Gasteiger partial charge in [0.15, 0.2) is 5.78 Å². The lowest BCUT2D eigenvalue weighted by molar-refractivity contribution is 0.103. The monoisotopic (exact) mass is 322 g/mol. The molecule has 0 spiro atoms. The Labute approximate surface area is 139 Å². The predicted octanol–water partition coefficient (Wildman–Crippen LogP) is 4.62. The van der Waals surface area contributed by atoms with E-state index in [0.717, 1.165) is 0 Å². The van der Waals surface area contributed by atoms with E-state index < -0.39 is 0 Å². The Morgan fingerprint density at radius 3 is 2.58 bits per heavy atom. The molecule has 0 bridgehead atoms. The molecule has 0 saturated carbocycles. The second-order valence-electron chi connectivity index (χ2n) is 5.87. The summed E-state index contributed by atoms with van der Waals surface area (Å²) in [4.78, 5) is 13.0. The third-order valence-electron chi connectivity index (χ3n) is 4.07. The molecule has 1 unspecified atom stereocenters. The summed E-state index contributed by atoms with van der Waals surface area (Å²) in [5.41, 5.74) is 1.48. The van der Waals surface area contributed by atoms with E-state index in [1.807, 2.05) is 13.0 Å². The van der Waals surface area contributed by atoms with Crippen LogP contribution in [0.3, 0.4) is 0 Å². The Kier molecular flexibility index (Phi) is 4.13. The van der Waals surface area contributed by atoms with Crippen LogP contribution in [0.15, 0.2) is 65.3 Å². The number of rotatable bonds is 5. The molecule has 1 atom stereocenters. The lowest BCUT2D eigenvalue weighted by atomic mass is 9.95. The predicted molar refractivity (Wildman–Crippen MR) is 92.4 cm³/mol. The number of hydrogen-bond donors (Lipinski definition) is 2. The summed E-state index contributed by atoms with van der Waals surface area (Å²) in [6.07, 6.45) is 0.346. The zero-order valence-corrected chi connectivity index (χ0v) is 13.3. The van der Waals surface area contributed by atoms with Crippen molar-refractivity contribution in [3.05, 3.63) is 77.8 Å². The normalized spacial score (nSPS) is 12.2. The van der Waals surface area contributed by atoms with Gasteiger partial charge in [0, 0.05) is 23.3 Å². The number of phenols is 1.